The van der Waals surface area contributed by atoms with Gasteiger partial charge in [-0.25, -0.2) is 8.42 Å². The summed E-state index contributed by atoms with van der Waals surface area (Å²) < 4.78 is 32.9. The van der Waals surface area contributed by atoms with Crippen molar-refractivity contribution in [2.24, 2.45) is 0 Å². The van der Waals surface area contributed by atoms with Gasteiger partial charge in [-0.3, -0.25) is 9.59 Å². The Bertz CT molecular complexity index is 1050. The first-order chi connectivity index (χ1) is 15.3. The Hall–Kier alpha value is -2.91. The van der Waals surface area contributed by atoms with Crippen molar-refractivity contribution in [1.29, 1.82) is 0 Å². The van der Waals surface area contributed by atoms with Crippen LogP contribution in [0.25, 0.3) is 0 Å². The molecule has 0 saturated carbocycles. The number of anilines is 1. The molecule has 1 aliphatic heterocycles. The van der Waals surface area contributed by atoms with Crippen LogP contribution in [0.2, 0.25) is 0 Å². The molecule has 1 aliphatic rings. The van der Waals surface area contributed by atoms with E-state index in [0.29, 0.717) is 24.6 Å². The maximum absolute atomic E-state index is 13.0. The Morgan fingerprint density at radius 3 is 2.56 bits per heavy atom. The van der Waals surface area contributed by atoms with Crippen LogP contribution < -0.4 is 15.4 Å². The van der Waals surface area contributed by atoms with Crippen molar-refractivity contribution < 1.29 is 22.7 Å². The van der Waals surface area contributed by atoms with Crippen molar-refractivity contribution >= 4 is 27.5 Å². The molecule has 1 heterocycles. The first kappa shape index (κ1) is 23.7. The molecule has 0 spiro atoms. The lowest BCUT2D eigenvalue weighted by molar-refractivity contribution is -0.115. The van der Waals surface area contributed by atoms with Gasteiger partial charge in [0.05, 0.1) is 18.0 Å². The topological polar surface area (TPSA) is 105 Å². The molecule has 3 rings (SSSR count). The SMILES string of the molecule is CCOc1ccc(NC(=O)CNC(=O)c2cccc(S(=O)(=O)N3CCCCC3C)c2)cc1. The number of hydrogen-bond acceptors (Lipinski definition) is 5. The van der Waals surface area contributed by atoms with Crippen LogP contribution >= 0.6 is 0 Å². The van der Waals surface area contributed by atoms with Crippen LogP contribution in [-0.2, 0) is 14.8 Å². The van der Waals surface area contributed by atoms with E-state index in [1.807, 2.05) is 13.8 Å². The number of benzene rings is 2. The number of ether oxygens (including phenoxy) is 1. The van der Waals surface area contributed by atoms with Crippen LogP contribution in [0.3, 0.4) is 0 Å². The standard InChI is InChI=1S/C23H29N3O5S/c1-3-31-20-12-10-19(11-13-20)25-22(27)16-24-23(28)18-8-6-9-21(15-18)32(29,30)26-14-5-4-7-17(26)2/h6,8-13,15,17H,3-5,7,14,16H2,1-2H3,(H,24,28)(H,25,27). The van der Waals surface area contributed by atoms with Crippen molar-refractivity contribution in [2.75, 3.05) is 25.0 Å². The lowest BCUT2D eigenvalue weighted by Gasteiger charge is -2.32. The summed E-state index contributed by atoms with van der Waals surface area (Å²) in [7, 11) is -3.68. The lowest BCUT2D eigenvalue weighted by atomic mass is 10.1. The van der Waals surface area contributed by atoms with Crippen molar-refractivity contribution in [3.63, 3.8) is 0 Å². The van der Waals surface area contributed by atoms with Crippen LogP contribution in [-0.4, -0.2) is 50.3 Å². The second kappa shape index (κ2) is 10.6. The predicted molar refractivity (Wildman–Crippen MR) is 122 cm³/mol. The highest BCUT2D eigenvalue weighted by molar-refractivity contribution is 7.89. The smallest absolute Gasteiger partial charge is 0.251 e. The van der Waals surface area contributed by atoms with E-state index in [4.69, 9.17) is 4.74 Å². The fourth-order valence-electron chi connectivity index (χ4n) is 3.63. The zero-order valence-corrected chi connectivity index (χ0v) is 19.2. The van der Waals surface area contributed by atoms with Crippen molar-refractivity contribution in [2.45, 2.75) is 44.0 Å². The second-order valence-electron chi connectivity index (χ2n) is 7.68. The van der Waals surface area contributed by atoms with E-state index in [-0.39, 0.29) is 23.0 Å². The molecule has 2 aromatic carbocycles. The van der Waals surface area contributed by atoms with Gasteiger partial charge in [0.15, 0.2) is 0 Å². The van der Waals surface area contributed by atoms with Crippen molar-refractivity contribution in [3.8, 4) is 5.75 Å². The van der Waals surface area contributed by atoms with Gasteiger partial charge in [-0.1, -0.05) is 12.5 Å². The molecule has 0 bridgehead atoms. The Morgan fingerprint density at radius 2 is 1.88 bits per heavy atom. The number of hydrogen-bond donors (Lipinski definition) is 2. The van der Waals surface area contributed by atoms with Crippen LogP contribution in [0.15, 0.2) is 53.4 Å². The van der Waals surface area contributed by atoms with Gasteiger partial charge in [-0.2, -0.15) is 4.31 Å². The first-order valence-corrected chi connectivity index (χ1v) is 12.2. The molecule has 32 heavy (non-hydrogen) atoms. The molecule has 1 unspecified atom stereocenters. The summed E-state index contributed by atoms with van der Waals surface area (Å²) in [6.45, 7) is 4.57. The maximum atomic E-state index is 13.0. The van der Waals surface area contributed by atoms with E-state index in [1.165, 1.54) is 28.6 Å². The average Bonchev–Trinajstić information content (AvgIpc) is 2.79. The summed E-state index contributed by atoms with van der Waals surface area (Å²) in [6, 6.07) is 12.7. The van der Waals surface area contributed by atoms with E-state index >= 15 is 0 Å². The Labute approximate surface area is 189 Å². The van der Waals surface area contributed by atoms with E-state index in [9.17, 15) is 18.0 Å². The van der Waals surface area contributed by atoms with Gasteiger partial charge < -0.3 is 15.4 Å². The van der Waals surface area contributed by atoms with Crippen molar-refractivity contribution in [3.05, 3.63) is 54.1 Å². The van der Waals surface area contributed by atoms with E-state index in [0.717, 1.165) is 19.3 Å². The molecule has 2 amide bonds. The predicted octanol–water partition coefficient (Wildman–Crippen LogP) is 3.02. The first-order valence-electron chi connectivity index (χ1n) is 10.7. The fourth-order valence-corrected chi connectivity index (χ4v) is 5.38. The molecule has 0 aromatic heterocycles. The monoisotopic (exact) mass is 459 g/mol. The third-order valence-corrected chi connectivity index (χ3v) is 7.31. The molecular formula is C23H29N3O5S. The highest BCUT2D eigenvalue weighted by atomic mass is 32.2. The number of piperidine rings is 1. The lowest BCUT2D eigenvalue weighted by Crippen LogP contribution is -2.42. The van der Waals surface area contributed by atoms with E-state index < -0.39 is 21.8 Å². The minimum atomic E-state index is -3.68. The minimum Gasteiger partial charge on any atom is -0.494 e. The molecular weight excluding hydrogens is 430 g/mol. The Balaban J connectivity index is 1.60. The zero-order valence-electron chi connectivity index (χ0n) is 18.3. The Kier molecular flexibility index (Phi) is 7.87. The maximum Gasteiger partial charge on any atom is 0.251 e. The number of sulfonamides is 1. The van der Waals surface area contributed by atoms with E-state index in [2.05, 4.69) is 10.6 Å². The highest BCUT2D eigenvalue weighted by Gasteiger charge is 2.31. The summed E-state index contributed by atoms with van der Waals surface area (Å²) in [4.78, 5) is 24.8. The van der Waals surface area contributed by atoms with Gasteiger partial charge in [0.1, 0.15) is 5.75 Å². The number of nitrogens with zero attached hydrogens (tertiary/aromatic N) is 1. The summed E-state index contributed by atoms with van der Waals surface area (Å²) in [5.41, 5.74) is 0.765. The highest BCUT2D eigenvalue weighted by Crippen LogP contribution is 2.25. The van der Waals surface area contributed by atoms with Gasteiger partial charge in [0.25, 0.3) is 5.91 Å². The van der Waals surface area contributed by atoms with Gasteiger partial charge >= 0.3 is 0 Å². The fraction of sp³-hybridized carbons (Fsp3) is 0.391. The number of amides is 2. The van der Waals surface area contributed by atoms with Crippen LogP contribution in [0, 0.1) is 0 Å². The average molecular weight is 460 g/mol. The molecule has 0 radical (unpaired) electrons. The van der Waals surface area contributed by atoms with Crippen molar-refractivity contribution in [1.82, 2.24) is 9.62 Å². The van der Waals surface area contributed by atoms with Crippen LogP contribution in [0.5, 0.6) is 5.75 Å². The van der Waals surface area contributed by atoms with Gasteiger partial charge in [0, 0.05) is 23.8 Å². The molecule has 1 fully saturated rings. The number of rotatable bonds is 8. The van der Waals surface area contributed by atoms with Gasteiger partial charge in [0.2, 0.25) is 15.9 Å². The molecule has 2 N–H and O–H groups in total. The molecule has 1 atom stereocenters. The normalized spacial score (nSPS) is 16.9. The summed E-state index contributed by atoms with van der Waals surface area (Å²) in [6.07, 6.45) is 2.66. The third kappa shape index (κ3) is 5.86. The minimum absolute atomic E-state index is 0.0717. The number of carbonyl (C=O) groups is 2. The summed E-state index contributed by atoms with van der Waals surface area (Å²) >= 11 is 0. The summed E-state index contributed by atoms with van der Waals surface area (Å²) in [5.74, 6) is -0.211. The quantitative estimate of drug-likeness (QED) is 0.631. The molecule has 1 saturated heterocycles. The molecule has 0 aliphatic carbocycles. The summed E-state index contributed by atoms with van der Waals surface area (Å²) in [5, 5.41) is 5.22. The zero-order chi connectivity index (χ0) is 23.1. The number of carbonyl (C=O) groups excluding carboxylic acids is 2. The number of nitrogens with one attached hydrogen (secondary N) is 2. The second-order valence-corrected chi connectivity index (χ2v) is 9.57. The largest absolute Gasteiger partial charge is 0.494 e. The van der Waals surface area contributed by atoms with Crippen LogP contribution in [0.4, 0.5) is 5.69 Å². The molecule has 8 nitrogen and oxygen atoms in total. The van der Waals surface area contributed by atoms with Crippen LogP contribution in [0.1, 0.15) is 43.5 Å². The molecule has 172 valence electrons. The Morgan fingerprint density at radius 1 is 1.12 bits per heavy atom. The molecule has 2 aromatic rings. The van der Waals surface area contributed by atoms with Gasteiger partial charge in [-0.15, -0.1) is 0 Å². The van der Waals surface area contributed by atoms with E-state index in [1.54, 1.807) is 24.3 Å². The van der Waals surface area contributed by atoms with Gasteiger partial charge in [-0.05, 0) is 69.2 Å². The molecule has 9 heteroatoms. The third-order valence-electron chi connectivity index (χ3n) is 5.30.